The number of rotatable bonds is 8. The van der Waals surface area contributed by atoms with Crippen molar-refractivity contribution in [3.8, 4) is 11.5 Å². The van der Waals surface area contributed by atoms with E-state index in [1.54, 1.807) is 30.6 Å². The predicted octanol–water partition coefficient (Wildman–Crippen LogP) is 4.45. The first-order valence-electron chi connectivity index (χ1n) is 9.20. The number of methoxy groups -OCH3 is 1. The number of para-hydroxylation sites is 3. The number of carbonyl (C=O) groups is 1. The lowest BCUT2D eigenvalue weighted by Crippen LogP contribution is -2.25. The molecule has 2 aromatic heterocycles. The second kappa shape index (κ2) is 8.79. The topological polar surface area (TPSA) is 73.6 Å². The lowest BCUT2D eigenvalue weighted by atomic mass is 10.3. The van der Waals surface area contributed by atoms with E-state index in [2.05, 4.69) is 10.3 Å². The van der Waals surface area contributed by atoms with Crippen LogP contribution in [0.25, 0.3) is 10.2 Å². The number of furan rings is 1. The molecule has 0 aliphatic heterocycles. The second-order valence-corrected chi connectivity index (χ2v) is 7.40. The number of carbonyl (C=O) groups excluding carboxylic acids is 1. The van der Waals surface area contributed by atoms with Gasteiger partial charge in [-0.2, -0.15) is 0 Å². The van der Waals surface area contributed by atoms with Gasteiger partial charge in [0.05, 0.1) is 22.3 Å². The molecule has 148 valence electrons. The zero-order chi connectivity index (χ0) is 20.1. The molecule has 0 atom stereocenters. The van der Waals surface area contributed by atoms with Crippen molar-refractivity contribution in [2.45, 2.75) is 13.0 Å². The molecule has 0 bridgehead atoms. The smallest absolute Gasteiger partial charge is 0.287 e. The minimum absolute atomic E-state index is 0.208. The SMILES string of the molecule is COc1ccccc1OCc1ccc(C(=O)NCCc2nc3ccccc3s2)o1. The van der Waals surface area contributed by atoms with Crippen molar-refractivity contribution >= 4 is 27.5 Å². The highest BCUT2D eigenvalue weighted by Gasteiger charge is 2.12. The number of nitrogens with zero attached hydrogens (tertiary/aromatic N) is 1. The van der Waals surface area contributed by atoms with Crippen LogP contribution in [-0.4, -0.2) is 24.5 Å². The quantitative estimate of drug-likeness (QED) is 0.466. The minimum Gasteiger partial charge on any atom is -0.493 e. The monoisotopic (exact) mass is 408 g/mol. The van der Waals surface area contributed by atoms with Gasteiger partial charge < -0.3 is 19.2 Å². The van der Waals surface area contributed by atoms with Crippen molar-refractivity contribution in [3.05, 3.63) is 77.2 Å². The molecule has 6 nitrogen and oxygen atoms in total. The molecule has 0 fully saturated rings. The van der Waals surface area contributed by atoms with Gasteiger partial charge in [-0.15, -0.1) is 11.3 Å². The fourth-order valence-corrected chi connectivity index (χ4v) is 3.83. The summed E-state index contributed by atoms with van der Waals surface area (Å²) >= 11 is 1.64. The number of hydrogen-bond donors (Lipinski definition) is 1. The third kappa shape index (κ3) is 4.57. The number of thiazole rings is 1. The van der Waals surface area contributed by atoms with Gasteiger partial charge in [0.25, 0.3) is 5.91 Å². The molecular formula is C22H20N2O4S. The summed E-state index contributed by atoms with van der Waals surface area (Å²) in [6, 6.07) is 18.8. The summed E-state index contributed by atoms with van der Waals surface area (Å²) in [6.07, 6.45) is 0.676. The number of amides is 1. The van der Waals surface area contributed by atoms with E-state index >= 15 is 0 Å². The summed E-state index contributed by atoms with van der Waals surface area (Å²) in [5.74, 6) is 1.83. The average molecular weight is 408 g/mol. The molecular weight excluding hydrogens is 388 g/mol. The van der Waals surface area contributed by atoms with Crippen LogP contribution in [0, 0.1) is 0 Å². The van der Waals surface area contributed by atoms with Crippen LogP contribution >= 0.6 is 11.3 Å². The Bertz CT molecular complexity index is 1090. The summed E-state index contributed by atoms with van der Waals surface area (Å²) in [5.41, 5.74) is 0.990. The van der Waals surface area contributed by atoms with Crippen LogP contribution in [0.4, 0.5) is 0 Å². The van der Waals surface area contributed by atoms with E-state index in [4.69, 9.17) is 13.9 Å². The molecule has 0 saturated heterocycles. The number of aromatic nitrogens is 1. The summed E-state index contributed by atoms with van der Waals surface area (Å²) in [7, 11) is 1.59. The first-order valence-corrected chi connectivity index (χ1v) is 10.0. The number of fused-ring (bicyclic) bond motifs is 1. The zero-order valence-corrected chi connectivity index (χ0v) is 16.7. The van der Waals surface area contributed by atoms with Crippen LogP contribution in [0.3, 0.4) is 0 Å². The minimum atomic E-state index is -0.255. The van der Waals surface area contributed by atoms with Crippen molar-refractivity contribution in [3.63, 3.8) is 0 Å². The van der Waals surface area contributed by atoms with Gasteiger partial charge >= 0.3 is 0 Å². The molecule has 0 unspecified atom stereocenters. The van der Waals surface area contributed by atoms with E-state index in [1.807, 2.05) is 48.5 Å². The molecule has 2 heterocycles. The van der Waals surface area contributed by atoms with Gasteiger partial charge in [-0.25, -0.2) is 4.98 Å². The molecule has 0 radical (unpaired) electrons. The van der Waals surface area contributed by atoms with Crippen LogP contribution in [0.15, 0.2) is 65.1 Å². The lowest BCUT2D eigenvalue weighted by molar-refractivity contribution is 0.0922. The number of hydrogen-bond acceptors (Lipinski definition) is 6. The van der Waals surface area contributed by atoms with Crippen molar-refractivity contribution in [1.82, 2.24) is 10.3 Å². The van der Waals surface area contributed by atoms with E-state index < -0.39 is 0 Å². The van der Waals surface area contributed by atoms with E-state index in [1.165, 1.54) is 0 Å². The molecule has 2 aromatic carbocycles. The predicted molar refractivity (Wildman–Crippen MR) is 112 cm³/mol. The fourth-order valence-electron chi connectivity index (χ4n) is 2.86. The maximum absolute atomic E-state index is 12.3. The van der Waals surface area contributed by atoms with Gasteiger partial charge in [0.2, 0.25) is 0 Å². The van der Waals surface area contributed by atoms with Crippen molar-refractivity contribution in [1.29, 1.82) is 0 Å². The van der Waals surface area contributed by atoms with Gasteiger partial charge in [0.1, 0.15) is 12.4 Å². The van der Waals surface area contributed by atoms with Crippen molar-refractivity contribution in [2.75, 3.05) is 13.7 Å². The molecule has 4 aromatic rings. The van der Waals surface area contributed by atoms with E-state index in [-0.39, 0.29) is 18.3 Å². The fraction of sp³-hybridized carbons (Fsp3) is 0.182. The second-order valence-electron chi connectivity index (χ2n) is 6.29. The summed E-state index contributed by atoms with van der Waals surface area (Å²) in [6.45, 7) is 0.700. The third-order valence-electron chi connectivity index (χ3n) is 4.29. The zero-order valence-electron chi connectivity index (χ0n) is 15.9. The van der Waals surface area contributed by atoms with Gasteiger partial charge in [-0.3, -0.25) is 4.79 Å². The molecule has 29 heavy (non-hydrogen) atoms. The van der Waals surface area contributed by atoms with Crippen LogP contribution in [0.2, 0.25) is 0 Å². The Balaban J connectivity index is 1.29. The standard InChI is InChI=1S/C22H20N2O4S/c1-26-17-7-3-4-8-18(17)27-14-15-10-11-19(28-15)22(25)23-13-12-21-24-16-6-2-5-9-20(16)29-21/h2-11H,12-14H2,1H3,(H,23,25). The highest BCUT2D eigenvalue weighted by molar-refractivity contribution is 7.18. The Morgan fingerprint density at radius 1 is 1.07 bits per heavy atom. The number of benzene rings is 2. The van der Waals surface area contributed by atoms with Gasteiger partial charge in [-0.1, -0.05) is 24.3 Å². The molecule has 1 amide bonds. The number of ether oxygens (including phenoxy) is 2. The molecule has 0 aliphatic rings. The van der Waals surface area contributed by atoms with Gasteiger partial charge in [0, 0.05) is 13.0 Å². The first-order chi connectivity index (χ1) is 14.2. The van der Waals surface area contributed by atoms with Crippen LogP contribution in [-0.2, 0) is 13.0 Å². The normalized spacial score (nSPS) is 10.8. The van der Waals surface area contributed by atoms with Crippen LogP contribution in [0.1, 0.15) is 21.3 Å². The maximum atomic E-state index is 12.3. The highest BCUT2D eigenvalue weighted by atomic mass is 32.1. The third-order valence-corrected chi connectivity index (χ3v) is 5.38. The highest BCUT2D eigenvalue weighted by Crippen LogP contribution is 2.27. The molecule has 0 aliphatic carbocycles. The van der Waals surface area contributed by atoms with Crippen molar-refractivity contribution in [2.24, 2.45) is 0 Å². The van der Waals surface area contributed by atoms with Crippen LogP contribution in [0.5, 0.6) is 11.5 Å². The average Bonchev–Trinajstić information content (AvgIpc) is 3.39. The maximum Gasteiger partial charge on any atom is 0.287 e. The van der Waals surface area contributed by atoms with E-state index in [0.29, 0.717) is 30.2 Å². The molecule has 1 N–H and O–H groups in total. The summed E-state index contributed by atoms with van der Waals surface area (Å²) in [4.78, 5) is 16.9. The van der Waals surface area contributed by atoms with E-state index in [9.17, 15) is 4.79 Å². The molecule has 0 saturated carbocycles. The molecule has 0 spiro atoms. The summed E-state index contributed by atoms with van der Waals surface area (Å²) < 4.78 is 17.7. The van der Waals surface area contributed by atoms with Crippen LogP contribution < -0.4 is 14.8 Å². The Labute approximate surface area is 172 Å². The Kier molecular flexibility index (Phi) is 5.76. The van der Waals surface area contributed by atoms with Gasteiger partial charge in [0.15, 0.2) is 17.3 Å². The molecule has 7 heteroatoms. The Morgan fingerprint density at radius 3 is 2.69 bits per heavy atom. The Hall–Kier alpha value is -3.32. The van der Waals surface area contributed by atoms with Crippen molar-refractivity contribution < 1.29 is 18.7 Å². The largest absolute Gasteiger partial charge is 0.493 e. The molecule has 4 rings (SSSR count). The Morgan fingerprint density at radius 2 is 1.86 bits per heavy atom. The lowest BCUT2D eigenvalue weighted by Gasteiger charge is -2.08. The first kappa shape index (κ1) is 19.0. The number of nitrogens with one attached hydrogen (secondary N) is 1. The van der Waals surface area contributed by atoms with Gasteiger partial charge in [-0.05, 0) is 36.4 Å². The summed E-state index contributed by atoms with van der Waals surface area (Å²) in [5, 5.41) is 3.87. The van der Waals surface area contributed by atoms with E-state index in [0.717, 1.165) is 15.2 Å².